The topological polar surface area (TPSA) is 65.0 Å². The highest BCUT2D eigenvalue weighted by Gasteiger charge is 2.25. The normalized spacial score (nSPS) is 15.4. The molecule has 1 aromatic rings. The fraction of sp³-hybridized carbons (Fsp3) is 0.533. The molecule has 0 amide bonds. The molecule has 116 valence electrons. The first-order valence-electron chi connectivity index (χ1n) is 6.91. The molecule has 0 spiro atoms. The molecule has 6 heteroatoms. The Hall–Kier alpha value is -1.46. The van der Waals surface area contributed by atoms with E-state index in [2.05, 4.69) is 0 Å². The van der Waals surface area contributed by atoms with Crippen molar-refractivity contribution in [1.82, 2.24) is 0 Å². The smallest absolute Gasteiger partial charge is 0.339 e. The van der Waals surface area contributed by atoms with Gasteiger partial charge in [0.2, 0.25) is 0 Å². The molecule has 5 nitrogen and oxygen atoms in total. The maximum Gasteiger partial charge on any atom is 0.339 e. The van der Waals surface area contributed by atoms with E-state index in [1.54, 1.807) is 13.0 Å². The maximum absolute atomic E-state index is 11.6. The minimum absolute atomic E-state index is 0.199. The molecule has 1 aliphatic carbocycles. The molecular weight excluding hydrogens is 296 g/mol. The summed E-state index contributed by atoms with van der Waals surface area (Å²) in [6.45, 7) is 2.45. The number of methoxy groups -OCH3 is 1. The van der Waals surface area contributed by atoms with Crippen molar-refractivity contribution in [1.29, 1.82) is 0 Å². The van der Waals surface area contributed by atoms with Crippen LogP contribution in [0.2, 0.25) is 5.02 Å². The molecule has 1 N–H and O–H groups in total. The average Bonchev–Trinajstić information content (AvgIpc) is 3.28. The lowest BCUT2D eigenvalue weighted by molar-refractivity contribution is -0.153. The van der Waals surface area contributed by atoms with Gasteiger partial charge in [-0.2, -0.15) is 0 Å². The summed E-state index contributed by atoms with van der Waals surface area (Å²) in [4.78, 5) is 11.6. The third-order valence-electron chi connectivity index (χ3n) is 3.23. The fourth-order valence-electron chi connectivity index (χ4n) is 1.90. The van der Waals surface area contributed by atoms with Crippen LogP contribution in [-0.2, 0) is 9.53 Å². The van der Waals surface area contributed by atoms with E-state index in [4.69, 9.17) is 25.8 Å². The zero-order valence-electron chi connectivity index (χ0n) is 12.1. The number of aliphatic hydroxyl groups is 1. The van der Waals surface area contributed by atoms with Crippen LogP contribution in [-0.4, -0.2) is 31.4 Å². The van der Waals surface area contributed by atoms with Gasteiger partial charge in [0.15, 0.2) is 17.6 Å². The van der Waals surface area contributed by atoms with Crippen LogP contribution >= 0.6 is 11.6 Å². The number of hydrogen-bond acceptors (Lipinski definition) is 5. The van der Waals surface area contributed by atoms with E-state index in [-0.39, 0.29) is 11.6 Å². The number of benzene rings is 1. The van der Waals surface area contributed by atoms with E-state index >= 15 is 0 Å². The summed E-state index contributed by atoms with van der Waals surface area (Å²) in [5.41, 5.74) is 0.324. The molecule has 0 aliphatic heterocycles. The van der Waals surface area contributed by atoms with Crippen molar-refractivity contribution in [3.8, 4) is 11.5 Å². The zero-order chi connectivity index (χ0) is 15.4. The highest BCUT2D eigenvalue weighted by atomic mass is 35.5. The molecule has 1 saturated carbocycles. The summed E-state index contributed by atoms with van der Waals surface area (Å²) in [6, 6.07) is 3.04. The highest BCUT2D eigenvalue weighted by Crippen LogP contribution is 2.39. The van der Waals surface area contributed by atoms with Gasteiger partial charge >= 0.3 is 5.97 Å². The summed E-state index contributed by atoms with van der Waals surface area (Å²) < 4.78 is 15.7. The van der Waals surface area contributed by atoms with E-state index in [1.807, 2.05) is 0 Å². The minimum atomic E-state index is -1.39. The number of ether oxygens (including phenoxy) is 3. The Morgan fingerprint density at radius 3 is 2.76 bits per heavy atom. The molecule has 21 heavy (non-hydrogen) atoms. The third kappa shape index (κ3) is 4.02. The molecular formula is C15H19ClO5. The van der Waals surface area contributed by atoms with Crippen LogP contribution in [0.3, 0.4) is 0 Å². The van der Waals surface area contributed by atoms with E-state index < -0.39 is 12.1 Å². The van der Waals surface area contributed by atoms with Crippen molar-refractivity contribution < 1.29 is 24.1 Å². The van der Waals surface area contributed by atoms with Crippen molar-refractivity contribution in [2.24, 2.45) is 5.92 Å². The second kappa shape index (κ2) is 7.00. The van der Waals surface area contributed by atoms with Gasteiger partial charge in [-0.3, -0.25) is 0 Å². The Labute approximate surface area is 128 Å². The van der Waals surface area contributed by atoms with Crippen LogP contribution in [0.4, 0.5) is 0 Å². The van der Waals surface area contributed by atoms with Crippen LogP contribution in [0, 0.1) is 5.92 Å². The van der Waals surface area contributed by atoms with Crippen LogP contribution in [0.1, 0.15) is 31.4 Å². The Bertz CT molecular complexity index is 513. The van der Waals surface area contributed by atoms with Gasteiger partial charge < -0.3 is 19.3 Å². The van der Waals surface area contributed by atoms with Crippen LogP contribution in [0.25, 0.3) is 0 Å². The number of hydrogen-bond donors (Lipinski definition) is 1. The predicted molar refractivity (Wildman–Crippen MR) is 77.8 cm³/mol. The Morgan fingerprint density at radius 1 is 1.48 bits per heavy atom. The molecule has 0 radical (unpaired) electrons. The van der Waals surface area contributed by atoms with Gasteiger partial charge in [0, 0.05) is 0 Å². The lowest BCUT2D eigenvalue weighted by Gasteiger charge is -2.16. The predicted octanol–water partition coefficient (Wildman–Crippen LogP) is 2.73. The van der Waals surface area contributed by atoms with Crippen molar-refractivity contribution >= 4 is 17.6 Å². The number of esters is 1. The monoisotopic (exact) mass is 314 g/mol. The van der Waals surface area contributed by atoms with Gasteiger partial charge in [-0.25, -0.2) is 4.79 Å². The van der Waals surface area contributed by atoms with Crippen molar-refractivity contribution in [3.05, 3.63) is 22.7 Å². The van der Waals surface area contributed by atoms with Gasteiger partial charge in [-0.15, -0.1) is 0 Å². The number of halogens is 1. The Kier molecular flexibility index (Phi) is 5.31. The SMILES string of the molecule is CCOC(=O)C(O)c1cc(Cl)c(OC)c(OCC2CC2)c1. The van der Waals surface area contributed by atoms with Crippen LogP contribution in [0.5, 0.6) is 11.5 Å². The second-order valence-electron chi connectivity index (χ2n) is 4.94. The molecule has 0 bridgehead atoms. The lowest BCUT2D eigenvalue weighted by Crippen LogP contribution is -2.15. The Balaban J connectivity index is 2.22. The van der Waals surface area contributed by atoms with Crippen molar-refractivity contribution in [2.45, 2.75) is 25.9 Å². The standard InChI is InChI=1S/C15H19ClO5/c1-3-20-15(18)13(17)10-6-11(16)14(19-2)12(7-10)21-8-9-4-5-9/h6-7,9,13,17H,3-5,8H2,1-2H3. The summed E-state index contributed by atoms with van der Waals surface area (Å²) >= 11 is 6.12. The van der Waals surface area contributed by atoms with Gasteiger partial charge in [0.1, 0.15) is 0 Å². The molecule has 1 aromatic carbocycles. The summed E-state index contributed by atoms with van der Waals surface area (Å²) in [5.74, 6) is 0.673. The first-order valence-corrected chi connectivity index (χ1v) is 7.29. The number of rotatable bonds is 7. The Morgan fingerprint density at radius 2 is 2.19 bits per heavy atom. The molecule has 1 aliphatic rings. The van der Waals surface area contributed by atoms with E-state index in [0.717, 1.165) is 12.8 Å². The van der Waals surface area contributed by atoms with Gasteiger partial charge in [0.25, 0.3) is 0 Å². The molecule has 0 aromatic heterocycles. The van der Waals surface area contributed by atoms with Crippen molar-refractivity contribution in [3.63, 3.8) is 0 Å². The third-order valence-corrected chi connectivity index (χ3v) is 3.51. The average molecular weight is 315 g/mol. The first kappa shape index (κ1) is 15.9. The van der Waals surface area contributed by atoms with Gasteiger partial charge in [-0.1, -0.05) is 11.6 Å². The van der Waals surface area contributed by atoms with E-state index in [9.17, 15) is 9.90 Å². The maximum atomic E-state index is 11.6. The van der Waals surface area contributed by atoms with Gasteiger partial charge in [0.05, 0.1) is 25.3 Å². The quantitative estimate of drug-likeness (QED) is 0.784. The molecule has 0 heterocycles. The van der Waals surface area contributed by atoms with Crippen molar-refractivity contribution in [2.75, 3.05) is 20.3 Å². The first-order chi connectivity index (χ1) is 10.1. The largest absolute Gasteiger partial charge is 0.491 e. The summed E-state index contributed by atoms with van der Waals surface area (Å²) in [5, 5.41) is 10.3. The van der Waals surface area contributed by atoms with Crippen LogP contribution in [0.15, 0.2) is 12.1 Å². The molecule has 1 atom stereocenters. The number of carbonyl (C=O) groups excluding carboxylic acids is 1. The second-order valence-corrected chi connectivity index (χ2v) is 5.35. The van der Waals surface area contributed by atoms with Crippen LogP contribution < -0.4 is 9.47 Å². The van der Waals surface area contributed by atoms with E-state index in [1.165, 1.54) is 13.2 Å². The van der Waals surface area contributed by atoms with E-state index in [0.29, 0.717) is 29.6 Å². The number of aliphatic hydroxyl groups excluding tert-OH is 1. The summed E-state index contributed by atoms with van der Waals surface area (Å²) in [6.07, 6.45) is 0.916. The van der Waals surface area contributed by atoms with Gasteiger partial charge in [-0.05, 0) is 43.4 Å². The molecule has 0 saturated heterocycles. The highest BCUT2D eigenvalue weighted by molar-refractivity contribution is 6.32. The lowest BCUT2D eigenvalue weighted by atomic mass is 10.1. The zero-order valence-corrected chi connectivity index (χ0v) is 12.9. The summed E-state index contributed by atoms with van der Waals surface area (Å²) in [7, 11) is 1.49. The fourth-order valence-corrected chi connectivity index (χ4v) is 2.20. The number of carbonyl (C=O) groups is 1. The molecule has 1 unspecified atom stereocenters. The molecule has 1 fully saturated rings. The molecule has 2 rings (SSSR count). The minimum Gasteiger partial charge on any atom is -0.491 e.